The summed E-state index contributed by atoms with van der Waals surface area (Å²) in [5.74, 6) is 1.25. The fraction of sp³-hybridized carbons (Fsp3) is 0.310. The fourth-order valence-corrected chi connectivity index (χ4v) is 8.77. The Morgan fingerprint density at radius 2 is 1.13 bits per heavy atom. The van der Waals surface area contributed by atoms with Crippen molar-refractivity contribution in [2.75, 3.05) is 32.8 Å². The molecular weight excluding hydrogens is 536 g/mol. The molecule has 10 heteroatoms. The number of piperazine rings is 1. The van der Waals surface area contributed by atoms with Crippen molar-refractivity contribution in [3.05, 3.63) is 72.8 Å². The zero-order valence-electron chi connectivity index (χ0n) is 22.2. The Labute approximate surface area is 229 Å². The molecule has 0 unspecified atom stereocenters. The molecule has 8 nitrogen and oxygen atoms in total. The quantitative estimate of drug-likeness (QED) is 0.301. The minimum absolute atomic E-state index is 0.0397. The maximum Gasteiger partial charge on any atom is 0.244 e. The van der Waals surface area contributed by atoms with E-state index in [0.29, 0.717) is 35.5 Å². The van der Waals surface area contributed by atoms with Gasteiger partial charge in [-0.25, -0.2) is 16.8 Å². The van der Waals surface area contributed by atoms with Crippen LogP contribution in [0, 0.1) is 0 Å². The summed E-state index contributed by atoms with van der Waals surface area (Å²) in [5.41, 5.74) is 0. The third-order valence-corrected chi connectivity index (χ3v) is 11.0. The third kappa shape index (κ3) is 4.86. The molecule has 0 bridgehead atoms. The zero-order chi connectivity index (χ0) is 27.8. The van der Waals surface area contributed by atoms with Crippen LogP contribution in [0.2, 0.25) is 0 Å². The van der Waals surface area contributed by atoms with Gasteiger partial charge in [0.25, 0.3) is 0 Å². The highest BCUT2D eigenvalue weighted by atomic mass is 32.2. The predicted molar refractivity (Wildman–Crippen MR) is 152 cm³/mol. The van der Waals surface area contributed by atoms with E-state index in [1.54, 1.807) is 55.5 Å². The van der Waals surface area contributed by atoms with E-state index >= 15 is 0 Å². The van der Waals surface area contributed by atoms with Crippen LogP contribution < -0.4 is 9.47 Å². The summed E-state index contributed by atoms with van der Waals surface area (Å²) in [7, 11) is -7.80. The molecular formula is C29H32N2O6S2. The largest absolute Gasteiger partial charge is 0.493 e. The van der Waals surface area contributed by atoms with Crippen LogP contribution in [-0.4, -0.2) is 64.3 Å². The van der Waals surface area contributed by atoms with Crippen molar-refractivity contribution in [1.29, 1.82) is 0 Å². The topological polar surface area (TPSA) is 93.2 Å². The monoisotopic (exact) mass is 568 g/mol. The van der Waals surface area contributed by atoms with E-state index in [2.05, 4.69) is 0 Å². The highest BCUT2D eigenvalue weighted by Crippen LogP contribution is 2.36. The summed E-state index contributed by atoms with van der Waals surface area (Å²) >= 11 is 0. The van der Waals surface area contributed by atoms with Crippen molar-refractivity contribution in [3.8, 4) is 11.5 Å². The summed E-state index contributed by atoms with van der Waals surface area (Å²) in [5, 5.41) is 2.59. The van der Waals surface area contributed by atoms with E-state index in [1.807, 2.05) is 38.1 Å². The highest BCUT2D eigenvalue weighted by molar-refractivity contribution is 7.90. The number of nitrogens with zero attached hydrogens (tertiary/aromatic N) is 2. The van der Waals surface area contributed by atoms with Crippen LogP contribution in [0.4, 0.5) is 0 Å². The number of fused-ring (bicyclic) bond motifs is 2. The summed E-state index contributed by atoms with van der Waals surface area (Å²) < 4.78 is 69.6. The Kier molecular flexibility index (Phi) is 7.56. The Balaban J connectivity index is 1.46. The number of benzene rings is 4. The average molecular weight is 569 g/mol. The van der Waals surface area contributed by atoms with Gasteiger partial charge in [0.2, 0.25) is 20.0 Å². The second kappa shape index (κ2) is 10.8. The van der Waals surface area contributed by atoms with Gasteiger partial charge in [0, 0.05) is 47.2 Å². The Morgan fingerprint density at radius 1 is 0.667 bits per heavy atom. The van der Waals surface area contributed by atoms with E-state index in [-0.39, 0.29) is 29.4 Å². The minimum Gasteiger partial charge on any atom is -0.493 e. The molecule has 0 amide bonds. The molecule has 1 aliphatic rings. The van der Waals surface area contributed by atoms with Gasteiger partial charge in [-0.1, -0.05) is 48.5 Å². The molecule has 1 atom stereocenters. The predicted octanol–water partition coefficient (Wildman–Crippen LogP) is 4.87. The van der Waals surface area contributed by atoms with Gasteiger partial charge in [-0.05, 0) is 45.0 Å². The molecule has 0 saturated carbocycles. The molecule has 0 spiro atoms. The first-order valence-electron chi connectivity index (χ1n) is 13.0. The summed E-state index contributed by atoms with van der Waals surface area (Å²) in [6.07, 6.45) is 0. The third-order valence-electron chi connectivity index (χ3n) is 7.02. The van der Waals surface area contributed by atoms with Crippen LogP contribution in [0.1, 0.15) is 20.8 Å². The average Bonchev–Trinajstić information content (AvgIpc) is 2.93. The summed E-state index contributed by atoms with van der Waals surface area (Å²) in [6.45, 7) is 6.56. The van der Waals surface area contributed by atoms with E-state index in [4.69, 9.17) is 9.47 Å². The lowest BCUT2D eigenvalue weighted by Gasteiger charge is -2.38. The number of hydrogen-bond acceptors (Lipinski definition) is 6. The van der Waals surface area contributed by atoms with Gasteiger partial charge in [0.1, 0.15) is 11.5 Å². The van der Waals surface area contributed by atoms with Crippen LogP contribution in [-0.2, 0) is 20.0 Å². The number of hydrogen-bond donors (Lipinski definition) is 0. The van der Waals surface area contributed by atoms with Crippen LogP contribution in [0.5, 0.6) is 11.5 Å². The van der Waals surface area contributed by atoms with Crippen molar-refractivity contribution >= 4 is 41.6 Å². The molecule has 0 aromatic heterocycles. The van der Waals surface area contributed by atoms with Gasteiger partial charge in [0.15, 0.2) is 0 Å². The molecule has 0 aliphatic carbocycles. The first-order valence-corrected chi connectivity index (χ1v) is 15.9. The van der Waals surface area contributed by atoms with E-state index in [1.165, 1.54) is 8.61 Å². The van der Waals surface area contributed by atoms with Gasteiger partial charge in [-0.15, -0.1) is 0 Å². The van der Waals surface area contributed by atoms with Crippen molar-refractivity contribution < 1.29 is 26.3 Å². The van der Waals surface area contributed by atoms with E-state index in [0.717, 1.165) is 10.8 Å². The molecule has 0 N–H and O–H groups in total. The molecule has 1 fully saturated rings. The molecule has 1 heterocycles. The second-order valence-electron chi connectivity index (χ2n) is 9.41. The van der Waals surface area contributed by atoms with Gasteiger partial charge in [0.05, 0.1) is 23.0 Å². The van der Waals surface area contributed by atoms with E-state index in [9.17, 15) is 16.8 Å². The van der Waals surface area contributed by atoms with Crippen molar-refractivity contribution in [3.63, 3.8) is 0 Å². The Hall–Kier alpha value is -3.18. The van der Waals surface area contributed by atoms with Crippen LogP contribution in [0.25, 0.3) is 21.5 Å². The Morgan fingerprint density at radius 3 is 1.59 bits per heavy atom. The number of sulfonamides is 2. The maximum atomic E-state index is 13.9. The molecule has 5 rings (SSSR count). The lowest BCUT2D eigenvalue weighted by atomic mass is 10.1. The molecule has 4 aromatic rings. The van der Waals surface area contributed by atoms with Gasteiger partial charge in [-0.3, -0.25) is 0 Å². The van der Waals surface area contributed by atoms with E-state index < -0.39 is 26.1 Å². The van der Waals surface area contributed by atoms with Gasteiger partial charge in [-0.2, -0.15) is 8.61 Å². The van der Waals surface area contributed by atoms with Crippen LogP contribution in [0.15, 0.2) is 82.6 Å². The van der Waals surface area contributed by atoms with Crippen molar-refractivity contribution in [1.82, 2.24) is 8.61 Å². The smallest absolute Gasteiger partial charge is 0.244 e. The molecule has 0 radical (unpaired) electrons. The molecule has 39 heavy (non-hydrogen) atoms. The van der Waals surface area contributed by atoms with Crippen molar-refractivity contribution in [2.24, 2.45) is 0 Å². The molecule has 206 valence electrons. The SMILES string of the molecule is CCOc1ccc(S(=O)(=O)N2CCN(S(=O)(=O)c3ccc(OCC)c4ccccc34)[C@H](C)C2)c2ccccc12. The van der Waals surface area contributed by atoms with Gasteiger partial charge < -0.3 is 9.47 Å². The van der Waals surface area contributed by atoms with Gasteiger partial charge >= 0.3 is 0 Å². The normalized spacial score (nSPS) is 17.5. The second-order valence-corrected chi connectivity index (χ2v) is 13.2. The lowest BCUT2D eigenvalue weighted by Crippen LogP contribution is -2.55. The number of rotatable bonds is 8. The lowest BCUT2D eigenvalue weighted by molar-refractivity contribution is 0.213. The van der Waals surface area contributed by atoms with Crippen LogP contribution >= 0.6 is 0 Å². The highest BCUT2D eigenvalue weighted by Gasteiger charge is 2.39. The fourth-order valence-electron chi connectivity index (χ4n) is 5.25. The van der Waals surface area contributed by atoms with Crippen LogP contribution in [0.3, 0.4) is 0 Å². The first-order chi connectivity index (χ1) is 18.7. The molecule has 1 saturated heterocycles. The standard InChI is InChI=1S/C29H32N2O6S2/c1-4-36-26-14-16-28(24-12-8-6-10-22(24)26)38(32,33)30-18-19-31(21(3)20-30)39(34,35)29-17-15-27(37-5-2)23-11-7-9-13-25(23)29/h6-17,21H,4-5,18-20H2,1-3H3/t21-/m1/s1. The Bertz CT molecular complexity index is 1740. The molecule has 1 aliphatic heterocycles. The first kappa shape index (κ1) is 27.4. The zero-order valence-corrected chi connectivity index (χ0v) is 23.8. The minimum atomic E-state index is -3.91. The molecule has 4 aromatic carbocycles. The summed E-state index contributed by atoms with van der Waals surface area (Å²) in [4.78, 5) is 0.366. The maximum absolute atomic E-state index is 13.9. The summed E-state index contributed by atoms with van der Waals surface area (Å²) in [6, 6.07) is 20.4. The number of ether oxygens (including phenoxy) is 2. The van der Waals surface area contributed by atoms with Crippen molar-refractivity contribution in [2.45, 2.75) is 36.6 Å².